The number of aromatic nitrogens is 2. The van der Waals surface area contributed by atoms with Gasteiger partial charge in [-0.15, -0.1) is 0 Å². The summed E-state index contributed by atoms with van der Waals surface area (Å²) in [6, 6.07) is 10.3. The summed E-state index contributed by atoms with van der Waals surface area (Å²) in [4.78, 5) is 8.97. The molecule has 0 spiro atoms. The van der Waals surface area contributed by atoms with E-state index in [4.69, 9.17) is 5.73 Å². The van der Waals surface area contributed by atoms with Crippen molar-refractivity contribution in [3.63, 3.8) is 0 Å². The van der Waals surface area contributed by atoms with Crippen LogP contribution in [0.4, 0.5) is 5.82 Å². The van der Waals surface area contributed by atoms with Gasteiger partial charge in [-0.1, -0.05) is 31.2 Å². The number of nitrogen functional groups attached to an aromatic ring is 1. The van der Waals surface area contributed by atoms with Crippen molar-refractivity contribution in [2.24, 2.45) is 0 Å². The number of anilines is 1. The number of hydrogen-bond donors (Lipinski definition) is 1. The minimum absolute atomic E-state index is 0.571. The Labute approximate surface area is 107 Å². The molecule has 0 atom stereocenters. The lowest BCUT2D eigenvalue weighted by atomic mass is 10.1. The molecular formula is C15H17N3. The quantitative estimate of drug-likeness (QED) is 0.895. The molecule has 3 nitrogen and oxygen atoms in total. The molecule has 2 aromatic rings. The highest BCUT2D eigenvalue weighted by Crippen LogP contribution is 2.39. The van der Waals surface area contributed by atoms with Crippen molar-refractivity contribution in [1.82, 2.24) is 9.97 Å². The van der Waals surface area contributed by atoms with Crippen molar-refractivity contribution < 1.29 is 0 Å². The van der Waals surface area contributed by atoms with Gasteiger partial charge in [-0.05, 0) is 24.8 Å². The van der Waals surface area contributed by atoms with E-state index in [1.165, 1.54) is 18.4 Å². The molecule has 0 aliphatic heterocycles. The highest BCUT2D eigenvalue weighted by Gasteiger charge is 2.26. The Kier molecular flexibility index (Phi) is 2.74. The second-order valence-corrected chi connectivity index (χ2v) is 4.87. The third-order valence-electron chi connectivity index (χ3n) is 3.38. The van der Waals surface area contributed by atoms with Gasteiger partial charge in [-0.25, -0.2) is 9.97 Å². The van der Waals surface area contributed by atoms with Crippen molar-refractivity contribution in [3.05, 3.63) is 41.6 Å². The van der Waals surface area contributed by atoms with Crippen molar-refractivity contribution in [2.45, 2.75) is 32.1 Å². The van der Waals surface area contributed by atoms with Gasteiger partial charge in [-0.3, -0.25) is 0 Å². The Bertz CT molecular complexity index is 556. The highest BCUT2D eigenvalue weighted by molar-refractivity contribution is 5.57. The summed E-state index contributed by atoms with van der Waals surface area (Å²) >= 11 is 0. The Morgan fingerprint density at radius 1 is 1.17 bits per heavy atom. The van der Waals surface area contributed by atoms with Crippen LogP contribution in [-0.2, 0) is 6.42 Å². The Balaban J connectivity index is 1.98. The van der Waals surface area contributed by atoms with Gasteiger partial charge in [0, 0.05) is 23.2 Å². The van der Waals surface area contributed by atoms with E-state index >= 15 is 0 Å². The van der Waals surface area contributed by atoms with Crippen molar-refractivity contribution in [3.8, 4) is 11.4 Å². The molecule has 1 aromatic carbocycles. The SMILES string of the molecule is CCc1ccc(-c2nc(N)cc(C3CC3)n2)cc1. The zero-order valence-corrected chi connectivity index (χ0v) is 10.6. The maximum Gasteiger partial charge on any atom is 0.161 e. The number of nitrogens with zero attached hydrogens (tertiary/aromatic N) is 2. The van der Waals surface area contributed by atoms with E-state index in [0.29, 0.717) is 11.7 Å². The fraction of sp³-hybridized carbons (Fsp3) is 0.333. The fourth-order valence-electron chi connectivity index (χ4n) is 2.09. The van der Waals surface area contributed by atoms with E-state index in [9.17, 15) is 0 Å². The smallest absolute Gasteiger partial charge is 0.161 e. The molecule has 3 rings (SSSR count). The third-order valence-corrected chi connectivity index (χ3v) is 3.38. The minimum atomic E-state index is 0.571. The summed E-state index contributed by atoms with van der Waals surface area (Å²) in [7, 11) is 0. The van der Waals surface area contributed by atoms with E-state index in [1.807, 2.05) is 6.07 Å². The van der Waals surface area contributed by atoms with Gasteiger partial charge in [0.15, 0.2) is 5.82 Å². The lowest BCUT2D eigenvalue weighted by molar-refractivity contribution is 0.998. The summed E-state index contributed by atoms with van der Waals surface area (Å²) in [5, 5.41) is 0. The molecule has 1 aliphatic carbocycles. The zero-order chi connectivity index (χ0) is 12.5. The minimum Gasteiger partial charge on any atom is -0.384 e. The van der Waals surface area contributed by atoms with Gasteiger partial charge >= 0.3 is 0 Å². The Morgan fingerprint density at radius 3 is 2.50 bits per heavy atom. The van der Waals surface area contributed by atoms with E-state index < -0.39 is 0 Å². The summed E-state index contributed by atoms with van der Waals surface area (Å²) in [5.74, 6) is 1.92. The number of benzene rings is 1. The van der Waals surface area contributed by atoms with E-state index in [1.54, 1.807) is 0 Å². The molecule has 3 heteroatoms. The monoisotopic (exact) mass is 239 g/mol. The van der Waals surface area contributed by atoms with E-state index in [0.717, 1.165) is 23.5 Å². The molecule has 0 radical (unpaired) electrons. The van der Waals surface area contributed by atoms with Gasteiger partial charge in [0.2, 0.25) is 0 Å². The third kappa shape index (κ3) is 2.21. The van der Waals surface area contributed by atoms with Crippen LogP contribution in [0.15, 0.2) is 30.3 Å². The number of rotatable bonds is 3. The first-order valence-corrected chi connectivity index (χ1v) is 6.50. The molecule has 1 heterocycles. The molecule has 0 amide bonds. The summed E-state index contributed by atoms with van der Waals surface area (Å²) in [6.07, 6.45) is 3.50. The van der Waals surface area contributed by atoms with E-state index in [-0.39, 0.29) is 0 Å². The standard InChI is InChI=1S/C15H17N3/c1-2-10-3-5-12(6-4-10)15-17-13(11-7-8-11)9-14(16)18-15/h3-6,9,11H,2,7-8H2,1H3,(H2,16,17,18). The predicted molar refractivity (Wildman–Crippen MR) is 73.2 cm³/mol. The molecule has 0 unspecified atom stereocenters. The van der Waals surface area contributed by atoms with Gasteiger partial charge in [0.05, 0.1) is 0 Å². The number of nitrogens with two attached hydrogens (primary N) is 1. The molecule has 0 bridgehead atoms. The first-order chi connectivity index (χ1) is 8.76. The van der Waals surface area contributed by atoms with Crippen molar-refractivity contribution in [2.75, 3.05) is 5.73 Å². The number of aryl methyl sites for hydroxylation is 1. The second kappa shape index (κ2) is 4.41. The molecule has 92 valence electrons. The first-order valence-electron chi connectivity index (χ1n) is 6.50. The lowest BCUT2D eigenvalue weighted by Gasteiger charge is -2.05. The number of hydrogen-bond acceptors (Lipinski definition) is 3. The van der Waals surface area contributed by atoms with Crippen LogP contribution in [0.25, 0.3) is 11.4 Å². The topological polar surface area (TPSA) is 51.8 Å². The van der Waals surface area contributed by atoms with Crippen LogP contribution in [0.1, 0.15) is 36.9 Å². The zero-order valence-electron chi connectivity index (χ0n) is 10.6. The van der Waals surface area contributed by atoms with Gasteiger partial charge in [0.25, 0.3) is 0 Å². The van der Waals surface area contributed by atoms with Gasteiger partial charge < -0.3 is 5.73 Å². The lowest BCUT2D eigenvalue weighted by Crippen LogP contribution is -1.99. The first kappa shape index (κ1) is 11.2. The molecule has 1 saturated carbocycles. The molecule has 1 aromatic heterocycles. The largest absolute Gasteiger partial charge is 0.384 e. The average Bonchev–Trinajstić information content (AvgIpc) is 3.22. The van der Waals surface area contributed by atoms with E-state index in [2.05, 4.69) is 41.2 Å². The van der Waals surface area contributed by atoms with Crippen LogP contribution in [0, 0.1) is 0 Å². The maximum atomic E-state index is 5.87. The predicted octanol–water partition coefficient (Wildman–Crippen LogP) is 3.17. The Hall–Kier alpha value is -1.90. The molecule has 0 saturated heterocycles. The van der Waals surface area contributed by atoms with Crippen LogP contribution in [-0.4, -0.2) is 9.97 Å². The summed E-state index contributed by atoms with van der Waals surface area (Å²) < 4.78 is 0. The maximum absolute atomic E-state index is 5.87. The van der Waals surface area contributed by atoms with Crippen LogP contribution in [0.2, 0.25) is 0 Å². The molecule has 1 aliphatic rings. The highest BCUT2D eigenvalue weighted by atomic mass is 15.0. The average molecular weight is 239 g/mol. The van der Waals surface area contributed by atoms with Crippen LogP contribution < -0.4 is 5.73 Å². The van der Waals surface area contributed by atoms with Crippen LogP contribution >= 0.6 is 0 Å². The van der Waals surface area contributed by atoms with Crippen molar-refractivity contribution >= 4 is 5.82 Å². The second-order valence-electron chi connectivity index (χ2n) is 4.87. The van der Waals surface area contributed by atoms with Crippen molar-refractivity contribution in [1.29, 1.82) is 0 Å². The van der Waals surface area contributed by atoms with Gasteiger partial charge in [0.1, 0.15) is 5.82 Å². The normalized spacial score (nSPS) is 14.7. The van der Waals surface area contributed by atoms with Crippen LogP contribution in [0.5, 0.6) is 0 Å². The molecule has 18 heavy (non-hydrogen) atoms. The van der Waals surface area contributed by atoms with Gasteiger partial charge in [-0.2, -0.15) is 0 Å². The molecular weight excluding hydrogens is 222 g/mol. The molecule has 1 fully saturated rings. The fourth-order valence-corrected chi connectivity index (χ4v) is 2.09. The Morgan fingerprint density at radius 2 is 1.89 bits per heavy atom. The van der Waals surface area contributed by atoms with Crippen LogP contribution in [0.3, 0.4) is 0 Å². The molecule has 2 N–H and O–H groups in total. The summed E-state index contributed by atoms with van der Waals surface area (Å²) in [5.41, 5.74) is 9.33. The summed E-state index contributed by atoms with van der Waals surface area (Å²) in [6.45, 7) is 2.15.